The normalized spacial score (nSPS) is 14.2. The van der Waals surface area contributed by atoms with Crippen LogP contribution >= 0.6 is 12.4 Å². The van der Waals surface area contributed by atoms with Crippen LogP contribution in [0, 0.1) is 0 Å². The number of phenols is 1. The van der Waals surface area contributed by atoms with Crippen molar-refractivity contribution in [2.24, 2.45) is 10.9 Å². The van der Waals surface area contributed by atoms with E-state index >= 15 is 0 Å². The smallest absolute Gasteiger partial charge is 0.241 e. The quantitative estimate of drug-likeness (QED) is 0.728. The summed E-state index contributed by atoms with van der Waals surface area (Å²) >= 11 is 0. The van der Waals surface area contributed by atoms with E-state index in [-0.39, 0.29) is 29.6 Å². The molecule has 17 heavy (non-hydrogen) atoms. The third-order valence-electron chi connectivity index (χ3n) is 2.96. The van der Waals surface area contributed by atoms with Crippen LogP contribution in [0.1, 0.15) is 23.1 Å². The van der Waals surface area contributed by atoms with Gasteiger partial charge in [-0.1, -0.05) is 0 Å². The van der Waals surface area contributed by atoms with Crippen molar-refractivity contribution in [3.05, 3.63) is 22.8 Å². The predicted octanol–water partition coefficient (Wildman–Crippen LogP) is 0.409. The number of halogens is 1. The number of benzene rings is 1. The molecule has 1 aliphatic carbocycles. The number of aromatic hydroxyl groups is 1. The molecule has 1 aromatic carbocycles. The second-order valence-corrected chi connectivity index (χ2v) is 5.47. The summed E-state index contributed by atoms with van der Waals surface area (Å²) in [7, 11) is -3.89. The van der Waals surface area contributed by atoms with Gasteiger partial charge in [0.05, 0.1) is 0 Å². The lowest BCUT2D eigenvalue weighted by atomic mass is 10.0. The van der Waals surface area contributed by atoms with Crippen molar-refractivity contribution in [1.82, 2.24) is 0 Å². The van der Waals surface area contributed by atoms with Crippen molar-refractivity contribution in [2.75, 3.05) is 0 Å². The Hall–Kier alpha value is -0.820. The van der Waals surface area contributed by atoms with Crippen molar-refractivity contribution in [2.45, 2.75) is 30.7 Å². The molecule has 96 valence electrons. The van der Waals surface area contributed by atoms with E-state index in [0.29, 0.717) is 5.56 Å². The highest BCUT2D eigenvalue weighted by atomic mass is 35.5. The van der Waals surface area contributed by atoms with Gasteiger partial charge in [-0.2, -0.15) is 0 Å². The van der Waals surface area contributed by atoms with Crippen molar-refractivity contribution in [3.63, 3.8) is 0 Å². The van der Waals surface area contributed by atoms with Crippen LogP contribution < -0.4 is 10.9 Å². The third kappa shape index (κ3) is 2.40. The number of fused-ring (bicyclic) bond motifs is 1. The Morgan fingerprint density at radius 3 is 2.53 bits per heavy atom. The Morgan fingerprint density at radius 2 is 2.00 bits per heavy atom. The van der Waals surface area contributed by atoms with Crippen LogP contribution in [-0.4, -0.2) is 13.5 Å². The van der Waals surface area contributed by atoms with Gasteiger partial charge >= 0.3 is 0 Å². The third-order valence-corrected chi connectivity index (χ3v) is 3.88. The standard InChI is InChI=1S/C10H14N2O3S.ClH/c11-5-8-7-3-1-2-6(7)4-9(10(8)13)16(12,14)15;/h4,13H,1-3,5,11H2,(H2,12,14,15);1H. The van der Waals surface area contributed by atoms with Gasteiger partial charge in [-0.25, -0.2) is 13.6 Å². The summed E-state index contributed by atoms with van der Waals surface area (Å²) in [6.07, 6.45) is 2.60. The van der Waals surface area contributed by atoms with E-state index in [1.165, 1.54) is 6.07 Å². The number of phenolic OH excluding ortho intramolecular Hbond substituents is 1. The van der Waals surface area contributed by atoms with E-state index in [4.69, 9.17) is 10.9 Å². The minimum atomic E-state index is -3.89. The molecule has 0 fully saturated rings. The first kappa shape index (κ1) is 14.2. The second kappa shape index (κ2) is 4.81. The summed E-state index contributed by atoms with van der Waals surface area (Å²) in [5, 5.41) is 14.9. The van der Waals surface area contributed by atoms with Crippen LogP contribution in [0.3, 0.4) is 0 Å². The first-order valence-electron chi connectivity index (χ1n) is 5.04. The summed E-state index contributed by atoms with van der Waals surface area (Å²) in [6.45, 7) is 0.123. The van der Waals surface area contributed by atoms with Crippen LogP contribution in [0.5, 0.6) is 5.75 Å². The van der Waals surface area contributed by atoms with E-state index in [2.05, 4.69) is 0 Å². The highest BCUT2D eigenvalue weighted by Crippen LogP contribution is 2.35. The molecule has 0 saturated heterocycles. The van der Waals surface area contributed by atoms with Crippen molar-refractivity contribution >= 4 is 22.4 Å². The molecule has 5 N–H and O–H groups in total. The van der Waals surface area contributed by atoms with Crippen molar-refractivity contribution < 1.29 is 13.5 Å². The number of aryl methyl sites for hydroxylation is 1. The maximum Gasteiger partial charge on any atom is 0.241 e. The second-order valence-electron chi connectivity index (χ2n) is 3.94. The monoisotopic (exact) mass is 278 g/mol. The maximum absolute atomic E-state index is 11.3. The van der Waals surface area contributed by atoms with Crippen LogP contribution in [0.2, 0.25) is 0 Å². The molecular weight excluding hydrogens is 264 g/mol. The van der Waals surface area contributed by atoms with Crippen molar-refractivity contribution in [3.8, 4) is 5.75 Å². The molecule has 0 bridgehead atoms. The molecule has 1 aromatic rings. The average Bonchev–Trinajstić information content (AvgIpc) is 2.62. The van der Waals surface area contributed by atoms with Gasteiger partial charge in [-0.05, 0) is 36.5 Å². The molecule has 0 spiro atoms. The maximum atomic E-state index is 11.3. The molecular formula is C10H15ClN2O3S. The predicted molar refractivity (Wildman–Crippen MR) is 66.6 cm³/mol. The number of rotatable bonds is 2. The topological polar surface area (TPSA) is 106 Å². The Labute approximate surface area is 106 Å². The molecule has 0 aromatic heterocycles. The lowest BCUT2D eigenvalue weighted by Gasteiger charge is -2.12. The largest absolute Gasteiger partial charge is 0.506 e. The molecule has 0 amide bonds. The summed E-state index contributed by atoms with van der Waals surface area (Å²) in [4.78, 5) is -0.214. The minimum absolute atomic E-state index is 0. The van der Waals surface area contributed by atoms with Crippen LogP contribution in [0.25, 0.3) is 0 Å². The van der Waals surface area contributed by atoms with Crippen molar-refractivity contribution in [1.29, 1.82) is 0 Å². The molecule has 0 unspecified atom stereocenters. The van der Waals surface area contributed by atoms with E-state index < -0.39 is 10.0 Å². The highest BCUT2D eigenvalue weighted by molar-refractivity contribution is 7.89. The summed E-state index contributed by atoms with van der Waals surface area (Å²) in [6, 6.07) is 1.46. The Kier molecular flexibility index (Phi) is 4.03. The Balaban J connectivity index is 0.00000144. The number of nitrogens with two attached hydrogens (primary N) is 2. The summed E-state index contributed by atoms with van der Waals surface area (Å²) in [5.74, 6) is -0.286. The van der Waals surface area contributed by atoms with Gasteiger partial charge in [0.1, 0.15) is 10.6 Å². The van der Waals surface area contributed by atoms with Gasteiger partial charge in [0.25, 0.3) is 0 Å². The number of sulfonamides is 1. The van der Waals surface area contributed by atoms with Gasteiger partial charge < -0.3 is 10.8 Å². The number of primary sulfonamides is 1. The zero-order chi connectivity index (χ0) is 11.9. The molecule has 0 saturated carbocycles. The zero-order valence-electron chi connectivity index (χ0n) is 9.14. The minimum Gasteiger partial charge on any atom is -0.506 e. The summed E-state index contributed by atoms with van der Waals surface area (Å²) < 4.78 is 22.6. The van der Waals surface area contributed by atoms with Gasteiger partial charge in [-0.15, -0.1) is 12.4 Å². The van der Waals surface area contributed by atoms with Crippen LogP contribution in [0.4, 0.5) is 0 Å². The Bertz CT molecular complexity index is 543. The highest BCUT2D eigenvalue weighted by Gasteiger charge is 2.24. The van der Waals surface area contributed by atoms with E-state index in [0.717, 1.165) is 30.4 Å². The van der Waals surface area contributed by atoms with E-state index in [9.17, 15) is 13.5 Å². The fraction of sp³-hybridized carbons (Fsp3) is 0.400. The van der Waals surface area contributed by atoms with E-state index in [1.807, 2.05) is 0 Å². The Morgan fingerprint density at radius 1 is 1.35 bits per heavy atom. The molecule has 1 aliphatic rings. The van der Waals surface area contributed by atoms with Gasteiger partial charge in [-0.3, -0.25) is 0 Å². The molecule has 7 heteroatoms. The van der Waals surface area contributed by atoms with E-state index in [1.54, 1.807) is 0 Å². The average molecular weight is 279 g/mol. The number of hydrogen-bond acceptors (Lipinski definition) is 4. The van der Waals surface area contributed by atoms with Crippen LogP contribution in [0.15, 0.2) is 11.0 Å². The first-order chi connectivity index (χ1) is 7.45. The summed E-state index contributed by atoms with van der Waals surface area (Å²) in [5.41, 5.74) is 7.96. The molecule has 0 radical (unpaired) electrons. The number of hydrogen-bond donors (Lipinski definition) is 3. The fourth-order valence-corrected chi connectivity index (χ4v) is 2.93. The molecule has 0 aliphatic heterocycles. The lowest BCUT2D eigenvalue weighted by molar-refractivity contribution is 0.450. The first-order valence-corrected chi connectivity index (χ1v) is 6.59. The molecule has 2 rings (SSSR count). The van der Waals surface area contributed by atoms with Gasteiger partial charge in [0, 0.05) is 12.1 Å². The van der Waals surface area contributed by atoms with Gasteiger partial charge in [0.2, 0.25) is 10.0 Å². The molecule has 5 nitrogen and oxygen atoms in total. The lowest BCUT2D eigenvalue weighted by Crippen LogP contribution is -2.15. The zero-order valence-corrected chi connectivity index (χ0v) is 10.8. The SMILES string of the molecule is Cl.NCc1c(O)c(S(N)(=O)=O)cc2c1CCC2. The molecule has 0 heterocycles. The fourth-order valence-electron chi connectivity index (χ4n) is 2.23. The molecule has 0 atom stereocenters. The van der Waals surface area contributed by atoms with Crippen LogP contribution in [-0.2, 0) is 29.4 Å². The van der Waals surface area contributed by atoms with Gasteiger partial charge in [0.15, 0.2) is 0 Å².